The van der Waals surface area contributed by atoms with E-state index in [1.807, 2.05) is 11.6 Å². The summed E-state index contributed by atoms with van der Waals surface area (Å²) in [6, 6.07) is 8.42. The van der Waals surface area contributed by atoms with Gasteiger partial charge in [0.1, 0.15) is 0 Å². The van der Waals surface area contributed by atoms with E-state index >= 15 is 0 Å². The van der Waals surface area contributed by atoms with Gasteiger partial charge in [0, 0.05) is 18.4 Å². The van der Waals surface area contributed by atoms with E-state index in [0.29, 0.717) is 6.61 Å². The lowest BCUT2D eigenvalue weighted by molar-refractivity contribution is 0.00578. The molecule has 1 aromatic heterocycles. The molecule has 140 valence electrons. The minimum Gasteiger partial charge on any atom is -0.399 e. The summed E-state index contributed by atoms with van der Waals surface area (Å²) in [7, 11) is 1.38. The van der Waals surface area contributed by atoms with Gasteiger partial charge in [0.05, 0.1) is 30.0 Å². The second-order valence-corrected chi connectivity index (χ2v) is 7.97. The van der Waals surface area contributed by atoms with Gasteiger partial charge in [0.25, 0.3) is 0 Å². The molecule has 5 nitrogen and oxygen atoms in total. The van der Waals surface area contributed by atoms with Gasteiger partial charge in [0.2, 0.25) is 0 Å². The highest BCUT2D eigenvalue weighted by Gasteiger charge is 2.51. The zero-order chi connectivity index (χ0) is 19.1. The Bertz CT molecular complexity index is 765. The van der Waals surface area contributed by atoms with Crippen molar-refractivity contribution in [3.8, 4) is 11.1 Å². The normalized spacial score (nSPS) is 18.5. The molecule has 1 aromatic carbocycles. The van der Waals surface area contributed by atoms with Gasteiger partial charge in [-0.15, -0.1) is 0 Å². The van der Waals surface area contributed by atoms with Crippen molar-refractivity contribution in [2.45, 2.75) is 59.3 Å². The van der Waals surface area contributed by atoms with Gasteiger partial charge >= 0.3 is 7.12 Å². The first kappa shape index (κ1) is 19.1. The van der Waals surface area contributed by atoms with Gasteiger partial charge in [-0.1, -0.05) is 24.3 Å². The van der Waals surface area contributed by atoms with E-state index in [1.165, 1.54) is 5.56 Å². The fourth-order valence-electron chi connectivity index (χ4n) is 3.30. The quantitative estimate of drug-likeness (QED) is 0.773. The second kappa shape index (κ2) is 6.84. The van der Waals surface area contributed by atoms with E-state index in [-0.39, 0.29) is 18.3 Å². The lowest BCUT2D eigenvalue weighted by atomic mass is 9.78. The Hall–Kier alpha value is -1.63. The smallest absolute Gasteiger partial charge is 0.399 e. The number of benzene rings is 1. The number of ether oxygens (including phenoxy) is 1. The van der Waals surface area contributed by atoms with E-state index in [2.05, 4.69) is 64.0 Å². The van der Waals surface area contributed by atoms with Crippen LogP contribution in [-0.2, 0) is 20.6 Å². The third kappa shape index (κ3) is 3.33. The molecule has 0 radical (unpaired) electrons. The van der Waals surface area contributed by atoms with Crippen molar-refractivity contribution in [2.24, 2.45) is 0 Å². The van der Waals surface area contributed by atoms with Crippen LogP contribution in [0, 0.1) is 13.8 Å². The summed E-state index contributed by atoms with van der Waals surface area (Å²) in [5.41, 5.74) is 4.91. The number of nitrogens with zero attached hydrogens (tertiary/aromatic N) is 2. The van der Waals surface area contributed by atoms with E-state index in [9.17, 15) is 0 Å². The van der Waals surface area contributed by atoms with Gasteiger partial charge in [-0.25, -0.2) is 0 Å². The molecule has 3 rings (SSSR count). The molecule has 0 bridgehead atoms. The van der Waals surface area contributed by atoms with E-state index < -0.39 is 0 Å². The maximum Gasteiger partial charge on any atom is 0.494 e. The number of methoxy groups -OCH3 is 1. The molecular weight excluding hydrogens is 327 g/mol. The molecule has 0 unspecified atom stereocenters. The van der Waals surface area contributed by atoms with Crippen LogP contribution in [0.4, 0.5) is 0 Å². The van der Waals surface area contributed by atoms with E-state index in [4.69, 9.17) is 14.0 Å². The number of rotatable bonds is 5. The molecule has 0 N–H and O–H groups in total. The summed E-state index contributed by atoms with van der Waals surface area (Å²) in [4.78, 5) is 0. The molecule has 0 aliphatic carbocycles. The highest BCUT2D eigenvalue weighted by atomic mass is 16.7. The molecule has 26 heavy (non-hydrogen) atoms. The summed E-state index contributed by atoms with van der Waals surface area (Å²) >= 11 is 0. The first-order valence-electron chi connectivity index (χ1n) is 9.15. The lowest BCUT2D eigenvalue weighted by Gasteiger charge is -2.32. The fourth-order valence-corrected chi connectivity index (χ4v) is 3.30. The van der Waals surface area contributed by atoms with Gasteiger partial charge in [-0.3, -0.25) is 4.68 Å². The third-order valence-corrected chi connectivity index (χ3v) is 5.61. The predicted molar refractivity (Wildman–Crippen MR) is 105 cm³/mol. The molecule has 2 heterocycles. The monoisotopic (exact) mass is 356 g/mol. The molecule has 1 fully saturated rings. The Kier molecular flexibility index (Phi) is 5.03. The number of hydrogen-bond donors (Lipinski definition) is 0. The van der Waals surface area contributed by atoms with E-state index in [0.717, 1.165) is 29.0 Å². The first-order valence-corrected chi connectivity index (χ1v) is 9.15. The summed E-state index contributed by atoms with van der Waals surface area (Å²) in [5, 5.41) is 4.65. The van der Waals surface area contributed by atoms with Crippen molar-refractivity contribution in [1.82, 2.24) is 9.78 Å². The van der Waals surface area contributed by atoms with Crippen LogP contribution in [0.25, 0.3) is 11.1 Å². The average Bonchev–Trinajstić information content (AvgIpc) is 2.97. The largest absolute Gasteiger partial charge is 0.494 e. The van der Waals surface area contributed by atoms with Crippen LogP contribution in [0.5, 0.6) is 0 Å². The molecular formula is C20H29BN2O3. The zero-order valence-corrected chi connectivity index (χ0v) is 16.9. The third-order valence-electron chi connectivity index (χ3n) is 5.61. The van der Waals surface area contributed by atoms with Crippen LogP contribution < -0.4 is 5.46 Å². The van der Waals surface area contributed by atoms with Crippen LogP contribution in [0.2, 0.25) is 0 Å². The fraction of sp³-hybridized carbons (Fsp3) is 0.550. The summed E-state index contributed by atoms with van der Waals surface area (Å²) < 4.78 is 19.5. The van der Waals surface area contributed by atoms with Crippen LogP contribution in [0.15, 0.2) is 24.3 Å². The molecule has 6 heteroatoms. The topological polar surface area (TPSA) is 45.5 Å². The molecule has 1 saturated heterocycles. The van der Waals surface area contributed by atoms with Crippen molar-refractivity contribution < 1.29 is 14.0 Å². The van der Waals surface area contributed by atoms with Crippen LogP contribution in [0.1, 0.15) is 39.1 Å². The van der Waals surface area contributed by atoms with Crippen molar-refractivity contribution in [3.05, 3.63) is 35.7 Å². The average molecular weight is 356 g/mol. The van der Waals surface area contributed by atoms with Crippen molar-refractivity contribution in [2.75, 3.05) is 13.7 Å². The highest BCUT2D eigenvalue weighted by molar-refractivity contribution is 6.62. The Morgan fingerprint density at radius 2 is 1.62 bits per heavy atom. The molecule has 0 spiro atoms. The zero-order valence-electron chi connectivity index (χ0n) is 16.9. The molecule has 0 amide bonds. The maximum atomic E-state index is 6.14. The van der Waals surface area contributed by atoms with Crippen LogP contribution in [-0.4, -0.2) is 41.8 Å². The predicted octanol–water partition coefficient (Wildman–Crippen LogP) is 3.11. The number of aryl methyl sites for hydroxylation is 1. The molecule has 2 aromatic rings. The lowest BCUT2D eigenvalue weighted by Crippen LogP contribution is -2.41. The van der Waals surface area contributed by atoms with Gasteiger partial charge in [-0.05, 0) is 52.6 Å². The van der Waals surface area contributed by atoms with Crippen LogP contribution in [0.3, 0.4) is 0 Å². The molecule has 0 saturated carbocycles. The summed E-state index contributed by atoms with van der Waals surface area (Å²) in [6.07, 6.45) is 0. The second-order valence-electron chi connectivity index (χ2n) is 7.97. The Labute approximate surface area is 156 Å². The molecule has 1 aliphatic rings. The Morgan fingerprint density at radius 3 is 2.15 bits per heavy atom. The minimum atomic E-state index is -0.333. The number of aromatic nitrogens is 2. The summed E-state index contributed by atoms with van der Waals surface area (Å²) in [5.74, 6) is 0. The van der Waals surface area contributed by atoms with Crippen LogP contribution >= 0.6 is 0 Å². The molecule has 1 aliphatic heterocycles. The Morgan fingerprint density at radius 1 is 1.04 bits per heavy atom. The van der Waals surface area contributed by atoms with Crippen molar-refractivity contribution in [3.63, 3.8) is 0 Å². The number of hydrogen-bond acceptors (Lipinski definition) is 4. The Balaban J connectivity index is 1.84. The van der Waals surface area contributed by atoms with Gasteiger partial charge in [0.15, 0.2) is 0 Å². The van der Waals surface area contributed by atoms with Gasteiger partial charge < -0.3 is 14.0 Å². The highest BCUT2D eigenvalue weighted by Crippen LogP contribution is 2.36. The van der Waals surface area contributed by atoms with Crippen molar-refractivity contribution >= 4 is 12.6 Å². The minimum absolute atomic E-state index is 0.327. The van der Waals surface area contributed by atoms with Gasteiger partial charge in [-0.2, -0.15) is 5.10 Å². The first-order chi connectivity index (χ1) is 12.2. The SMILES string of the molecule is COCCn1nc(C)c(-c2ccc(B3OC(C)(C)C(C)(C)O3)cc2)c1C. The van der Waals surface area contributed by atoms with E-state index in [1.54, 1.807) is 7.11 Å². The summed E-state index contributed by atoms with van der Waals surface area (Å²) in [6.45, 7) is 13.9. The van der Waals surface area contributed by atoms with Crippen molar-refractivity contribution in [1.29, 1.82) is 0 Å². The standard InChI is InChI=1S/C20H29BN2O3/c1-14-18(15(2)23(22-14)12-13-24-7)16-8-10-17(11-9-16)21-25-19(3,4)20(5,6)26-21/h8-11H,12-13H2,1-7H3. The maximum absolute atomic E-state index is 6.14. The molecule has 0 atom stereocenters.